The van der Waals surface area contributed by atoms with E-state index in [0.717, 1.165) is 11.1 Å². The highest BCUT2D eigenvalue weighted by molar-refractivity contribution is 6.00. The third kappa shape index (κ3) is 2.91. The van der Waals surface area contributed by atoms with Gasteiger partial charge in [0.1, 0.15) is 5.41 Å². The van der Waals surface area contributed by atoms with Crippen LogP contribution in [0.1, 0.15) is 57.8 Å². The predicted molar refractivity (Wildman–Crippen MR) is 120 cm³/mol. The van der Waals surface area contributed by atoms with Gasteiger partial charge >= 0.3 is 5.97 Å². The highest BCUT2D eigenvalue weighted by atomic mass is 16.5. The van der Waals surface area contributed by atoms with E-state index in [1.54, 1.807) is 31.2 Å². The molecular formula is C27H22N2O3. The van der Waals surface area contributed by atoms with Crippen LogP contribution in [0.3, 0.4) is 0 Å². The van der Waals surface area contributed by atoms with Gasteiger partial charge in [-0.3, -0.25) is 4.79 Å². The third-order valence-electron chi connectivity index (χ3n) is 6.64. The summed E-state index contributed by atoms with van der Waals surface area (Å²) in [5, 5.41) is 13.3. The summed E-state index contributed by atoms with van der Waals surface area (Å²) in [6.45, 7) is 2.05. The Morgan fingerprint density at radius 1 is 0.969 bits per heavy atom. The van der Waals surface area contributed by atoms with E-state index < -0.39 is 11.4 Å². The van der Waals surface area contributed by atoms with Crippen molar-refractivity contribution in [2.24, 2.45) is 5.41 Å². The summed E-state index contributed by atoms with van der Waals surface area (Å²) < 4.78 is 5.01. The predicted octanol–water partition coefficient (Wildman–Crippen LogP) is 4.99. The molecule has 3 aliphatic carbocycles. The van der Waals surface area contributed by atoms with Gasteiger partial charge in [-0.2, -0.15) is 5.26 Å². The van der Waals surface area contributed by atoms with Gasteiger partial charge in [0.25, 0.3) is 0 Å². The molecule has 0 saturated carbocycles. The number of nitrogens with one attached hydrogen (secondary N) is 1. The first-order valence-electron chi connectivity index (χ1n) is 10.8. The molecule has 0 saturated heterocycles. The molecule has 5 heteroatoms. The summed E-state index contributed by atoms with van der Waals surface area (Å²) in [6.07, 6.45) is 0.439. The van der Waals surface area contributed by atoms with Gasteiger partial charge in [-0.15, -0.1) is 0 Å². The minimum Gasteiger partial charge on any atom is -0.462 e. The minimum atomic E-state index is -1.22. The van der Waals surface area contributed by atoms with E-state index in [0.29, 0.717) is 24.3 Å². The zero-order chi connectivity index (χ0) is 22.3. The van der Waals surface area contributed by atoms with Crippen molar-refractivity contribution in [3.8, 4) is 6.07 Å². The van der Waals surface area contributed by atoms with Crippen LogP contribution in [0, 0.1) is 16.7 Å². The molecule has 1 N–H and O–H groups in total. The van der Waals surface area contributed by atoms with Gasteiger partial charge in [0.15, 0.2) is 0 Å². The Labute approximate surface area is 186 Å². The molecule has 0 spiro atoms. The monoisotopic (exact) mass is 422 g/mol. The number of anilines is 1. The fourth-order valence-corrected chi connectivity index (χ4v) is 5.24. The van der Waals surface area contributed by atoms with Crippen LogP contribution in [0.5, 0.6) is 0 Å². The van der Waals surface area contributed by atoms with Gasteiger partial charge in [0.05, 0.1) is 18.2 Å². The van der Waals surface area contributed by atoms with Crippen molar-refractivity contribution < 1.29 is 14.3 Å². The Morgan fingerprint density at radius 2 is 1.53 bits per heavy atom. The molecule has 1 atom stereocenters. The lowest BCUT2D eigenvalue weighted by Gasteiger charge is -2.48. The van der Waals surface area contributed by atoms with Crippen molar-refractivity contribution >= 4 is 17.6 Å². The maximum absolute atomic E-state index is 13.6. The number of fused-ring (bicyclic) bond motifs is 1. The van der Waals surface area contributed by atoms with Crippen LogP contribution in [0.15, 0.2) is 72.8 Å². The molecule has 1 amide bonds. The van der Waals surface area contributed by atoms with Crippen molar-refractivity contribution in [2.45, 2.75) is 25.2 Å². The molecule has 3 aliphatic rings. The van der Waals surface area contributed by atoms with Crippen molar-refractivity contribution in [3.05, 3.63) is 101 Å². The van der Waals surface area contributed by atoms with Crippen LogP contribution < -0.4 is 5.32 Å². The zero-order valence-electron chi connectivity index (χ0n) is 17.7. The third-order valence-corrected chi connectivity index (χ3v) is 6.64. The van der Waals surface area contributed by atoms with Gasteiger partial charge in [0, 0.05) is 17.5 Å². The van der Waals surface area contributed by atoms with Crippen LogP contribution >= 0.6 is 0 Å². The molecule has 32 heavy (non-hydrogen) atoms. The van der Waals surface area contributed by atoms with Gasteiger partial charge in [0.2, 0.25) is 5.91 Å². The van der Waals surface area contributed by atoms with Crippen LogP contribution in [0.4, 0.5) is 5.69 Å². The van der Waals surface area contributed by atoms with E-state index in [1.165, 1.54) is 11.1 Å². The normalized spacial score (nSPS) is 22.2. The smallest absolute Gasteiger partial charge is 0.338 e. The van der Waals surface area contributed by atoms with E-state index in [-0.39, 0.29) is 17.7 Å². The fourth-order valence-electron chi connectivity index (χ4n) is 5.24. The molecule has 0 heterocycles. The van der Waals surface area contributed by atoms with E-state index in [1.807, 2.05) is 36.4 Å². The molecule has 0 aromatic heterocycles. The maximum atomic E-state index is 13.6. The number of nitriles is 1. The molecule has 0 aliphatic heterocycles. The average molecular weight is 422 g/mol. The fraction of sp³-hybridized carbons (Fsp3) is 0.222. The molecular weight excluding hydrogens is 400 g/mol. The molecule has 0 fully saturated rings. The number of hydrogen-bond donors (Lipinski definition) is 1. The molecule has 0 unspecified atom stereocenters. The standard InChI is InChI=1S/C27H22N2O3/c1-2-32-25(30)17-11-13-18(14-12-17)29-26(31)27(16-28)15-23-19-7-3-5-9-21(19)24(27)22-10-6-4-8-20(22)23/h3-14,23-24H,2,15H2,1H3,(H,29,31)/t23?,24?,27-/m1/s1. The summed E-state index contributed by atoms with van der Waals surface area (Å²) in [5.41, 5.74) is 4.25. The molecule has 3 aromatic carbocycles. The van der Waals surface area contributed by atoms with E-state index in [9.17, 15) is 14.9 Å². The van der Waals surface area contributed by atoms with E-state index in [2.05, 4.69) is 23.5 Å². The quantitative estimate of drug-likeness (QED) is 0.601. The topological polar surface area (TPSA) is 79.2 Å². The number of nitrogens with zero attached hydrogens (tertiary/aromatic N) is 1. The van der Waals surface area contributed by atoms with Crippen molar-refractivity contribution in [3.63, 3.8) is 0 Å². The molecule has 2 bridgehead atoms. The van der Waals surface area contributed by atoms with E-state index >= 15 is 0 Å². The van der Waals surface area contributed by atoms with Crippen molar-refractivity contribution in [1.29, 1.82) is 5.26 Å². The Hall–Kier alpha value is -3.91. The molecule has 0 radical (unpaired) electrons. The number of amides is 1. The number of rotatable bonds is 4. The highest BCUT2D eigenvalue weighted by Gasteiger charge is 2.57. The number of hydrogen-bond acceptors (Lipinski definition) is 4. The Balaban J connectivity index is 1.51. The van der Waals surface area contributed by atoms with E-state index in [4.69, 9.17) is 4.74 Å². The highest BCUT2D eigenvalue weighted by Crippen LogP contribution is 2.61. The average Bonchev–Trinajstić information content (AvgIpc) is 2.84. The van der Waals surface area contributed by atoms with Gasteiger partial charge in [-0.25, -0.2) is 4.79 Å². The Morgan fingerprint density at radius 3 is 2.06 bits per heavy atom. The maximum Gasteiger partial charge on any atom is 0.338 e. The second-order valence-electron chi connectivity index (χ2n) is 8.28. The largest absolute Gasteiger partial charge is 0.462 e. The summed E-state index contributed by atoms with van der Waals surface area (Å²) in [7, 11) is 0. The van der Waals surface area contributed by atoms with Gasteiger partial charge in [-0.05, 0) is 59.9 Å². The van der Waals surface area contributed by atoms with Gasteiger partial charge in [-0.1, -0.05) is 48.5 Å². The number of benzene rings is 3. The molecule has 5 nitrogen and oxygen atoms in total. The number of ether oxygens (including phenoxy) is 1. The minimum absolute atomic E-state index is 0.00369. The molecule has 3 aromatic rings. The number of esters is 1. The summed E-state index contributed by atoms with van der Waals surface area (Å²) in [6, 6.07) is 25.2. The van der Waals surface area contributed by atoms with Crippen molar-refractivity contribution in [2.75, 3.05) is 11.9 Å². The lowest BCUT2D eigenvalue weighted by Crippen LogP contribution is -2.48. The van der Waals surface area contributed by atoms with Crippen LogP contribution in [-0.2, 0) is 9.53 Å². The molecule has 6 rings (SSSR count). The van der Waals surface area contributed by atoms with Crippen LogP contribution in [0.2, 0.25) is 0 Å². The van der Waals surface area contributed by atoms with Gasteiger partial charge < -0.3 is 10.1 Å². The number of carbonyl (C=O) groups excluding carboxylic acids is 2. The zero-order valence-corrected chi connectivity index (χ0v) is 17.7. The second kappa shape index (κ2) is 7.65. The summed E-state index contributed by atoms with van der Waals surface area (Å²) in [5.74, 6) is -1.05. The Bertz CT molecular complexity index is 1210. The number of carbonyl (C=O) groups is 2. The second-order valence-corrected chi connectivity index (χ2v) is 8.28. The summed E-state index contributed by atoms with van der Waals surface area (Å²) in [4.78, 5) is 25.5. The first-order valence-corrected chi connectivity index (χ1v) is 10.8. The van der Waals surface area contributed by atoms with Crippen molar-refractivity contribution in [1.82, 2.24) is 0 Å². The first kappa shape index (κ1) is 20.0. The first-order chi connectivity index (χ1) is 15.6. The van der Waals surface area contributed by atoms with Crippen LogP contribution in [0.25, 0.3) is 0 Å². The SMILES string of the molecule is CCOC(=O)c1ccc(NC(=O)[C@@]2(C#N)CC3c4ccccc4C2c2ccccc23)cc1. The van der Waals surface area contributed by atoms with Crippen LogP contribution in [-0.4, -0.2) is 18.5 Å². The lowest BCUT2D eigenvalue weighted by molar-refractivity contribution is -0.124. The Kier molecular flexibility index (Phi) is 4.79. The molecule has 158 valence electrons. The lowest BCUT2D eigenvalue weighted by atomic mass is 9.52. The summed E-state index contributed by atoms with van der Waals surface area (Å²) >= 11 is 0.